The molecule has 1 heterocycles. The van der Waals surface area contributed by atoms with Crippen LogP contribution in [0.4, 0.5) is 4.79 Å². The van der Waals surface area contributed by atoms with E-state index in [-0.39, 0.29) is 30.2 Å². The van der Waals surface area contributed by atoms with Gasteiger partial charge in [0.1, 0.15) is 23.0 Å². The number of alkyl carbamates (subject to hydrolysis) is 1. The van der Waals surface area contributed by atoms with E-state index in [2.05, 4.69) is 15.0 Å². The van der Waals surface area contributed by atoms with Crippen LogP contribution in [0.5, 0.6) is 5.75 Å². The predicted molar refractivity (Wildman–Crippen MR) is 136 cm³/mol. The molecule has 1 aromatic rings. The number of amides is 1. The summed E-state index contributed by atoms with van der Waals surface area (Å²) < 4.78 is 39.9. The van der Waals surface area contributed by atoms with Crippen LogP contribution in [0.15, 0.2) is 9.89 Å². The first-order valence-electron chi connectivity index (χ1n) is 11.7. The van der Waals surface area contributed by atoms with E-state index in [9.17, 15) is 23.1 Å². The Kier molecular flexibility index (Phi) is 8.55. The first-order valence-corrected chi connectivity index (χ1v) is 13.2. The summed E-state index contributed by atoms with van der Waals surface area (Å²) in [5.41, 5.74) is 7.45. The fourth-order valence-electron chi connectivity index (χ4n) is 4.07. The number of aliphatic carboxylic acids is 1. The van der Waals surface area contributed by atoms with Gasteiger partial charge in [-0.3, -0.25) is 4.99 Å². The van der Waals surface area contributed by atoms with Crippen LogP contribution in [-0.2, 0) is 26.0 Å². The number of nitrogens with zero attached hydrogens (tertiary/aromatic N) is 1. The lowest BCUT2D eigenvalue weighted by Gasteiger charge is -2.21. The van der Waals surface area contributed by atoms with E-state index in [1.807, 2.05) is 20.8 Å². The molecular weight excluding hydrogens is 488 g/mol. The zero-order valence-corrected chi connectivity index (χ0v) is 23.1. The van der Waals surface area contributed by atoms with E-state index in [1.165, 1.54) is 0 Å². The normalized spacial score (nSPS) is 16.1. The number of hydrogen-bond acceptors (Lipinski definition) is 7. The number of nitrogens with two attached hydrogens (primary N) is 1. The number of hydrogen-bond donors (Lipinski definition) is 4. The number of carboxylic acid groups (broad SMARTS) is 1. The average Bonchev–Trinajstić information content (AvgIpc) is 3.02. The fraction of sp³-hybridized carbons (Fsp3) is 0.625. The molecule has 1 amide bonds. The number of guanidine groups is 1. The number of nitrogens with one attached hydrogen (secondary N) is 2. The van der Waals surface area contributed by atoms with Crippen molar-refractivity contribution < 1.29 is 32.6 Å². The Morgan fingerprint density at radius 1 is 1.19 bits per heavy atom. The molecule has 5 N–H and O–H groups in total. The molecule has 0 aromatic heterocycles. The van der Waals surface area contributed by atoms with E-state index in [0.717, 1.165) is 16.9 Å². The van der Waals surface area contributed by atoms with Crippen molar-refractivity contribution in [2.75, 3.05) is 6.54 Å². The van der Waals surface area contributed by atoms with Gasteiger partial charge in [0.05, 0.1) is 4.90 Å². The van der Waals surface area contributed by atoms with Crippen LogP contribution in [-0.4, -0.2) is 55.3 Å². The summed E-state index contributed by atoms with van der Waals surface area (Å²) in [6, 6.07) is -1.18. The summed E-state index contributed by atoms with van der Waals surface area (Å²) in [7, 11) is -4.03. The Balaban J connectivity index is 2.08. The monoisotopic (exact) mass is 526 g/mol. The van der Waals surface area contributed by atoms with Crippen LogP contribution in [0.2, 0.25) is 0 Å². The Hall–Kier alpha value is -3.02. The number of rotatable bonds is 8. The van der Waals surface area contributed by atoms with Crippen LogP contribution in [0, 0.1) is 20.8 Å². The van der Waals surface area contributed by atoms with Crippen LogP contribution >= 0.6 is 0 Å². The number of carbonyl (C=O) groups is 2. The van der Waals surface area contributed by atoms with E-state index < -0.39 is 39.3 Å². The van der Waals surface area contributed by atoms with E-state index in [4.69, 9.17) is 15.2 Å². The van der Waals surface area contributed by atoms with E-state index in [0.29, 0.717) is 17.5 Å². The number of aliphatic imine (C=N–C) groups is 1. The number of ether oxygens (including phenoxy) is 2. The third-order valence-electron chi connectivity index (χ3n) is 5.72. The lowest BCUT2D eigenvalue weighted by atomic mass is 9.94. The van der Waals surface area contributed by atoms with Gasteiger partial charge in [0.15, 0.2) is 0 Å². The zero-order chi connectivity index (χ0) is 27.6. The van der Waals surface area contributed by atoms with Crippen molar-refractivity contribution >= 4 is 28.0 Å². The van der Waals surface area contributed by atoms with Crippen LogP contribution in [0.1, 0.15) is 69.7 Å². The number of carbonyl (C=O) groups excluding carboxylic acids is 1. The quantitative estimate of drug-likeness (QED) is 0.228. The smallest absolute Gasteiger partial charge is 0.408 e. The molecule has 36 heavy (non-hydrogen) atoms. The highest BCUT2D eigenvalue weighted by molar-refractivity contribution is 7.90. The van der Waals surface area contributed by atoms with Gasteiger partial charge < -0.3 is 25.6 Å². The molecule has 0 bridgehead atoms. The summed E-state index contributed by atoms with van der Waals surface area (Å²) >= 11 is 0. The van der Waals surface area contributed by atoms with Crippen molar-refractivity contribution in [2.45, 2.75) is 96.8 Å². The summed E-state index contributed by atoms with van der Waals surface area (Å²) in [6.07, 6.45) is 0.0341. The van der Waals surface area contributed by atoms with Gasteiger partial charge in [-0.05, 0) is 84.9 Å². The average molecular weight is 527 g/mol. The first kappa shape index (κ1) is 29.2. The topological polar surface area (TPSA) is 169 Å². The molecule has 202 valence electrons. The van der Waals surface area contributed by atoms with Gasteiger partial charge in [-0.15, -0.1) is 0 Å². The largest absolute Gasteiger partial charge is 0.487 e. The van der Waals surface area contributed by atoms with Gasteiger partial charge in [-0.2, -0.15) is 0 Å². The number of benzene rings is 1. The molecule has 0 saturated carbocycles. The van der Waals surface area contributed by atoms with Crippen LogP contribution in [0.3, 0.4) is 0 Å². The Bertz CT molecular complexity index is 1170. The fourth-order valence-corrected chi connectivity index (χ4v) is 5.60. The SMILES string of the molecule is Cc1c(C)c(S(=O)(=O)NC(N)=NCCCC(NC(=O)OC(C)(C)C)C(=O)O)c(C)c2c1OC(C)(C)C2. The minimum Gasteiger partial charge on any atom is -0.487 e. The van der Waals surface area contributed by atoms with E-state index in [1.54, 1.807) is 34.6 Å². The van der Waals surface area contributed by atoms with Gasteiger partial charge in [0.25, 0.3) is 10.0 Å². The maximum absolute atomic E-state index is 13.2. The summed E-state index contributed by atoms with van der Waals surface area (Å²) in [5, 5.41) is 11.7. The second-order valence-electron chi connectivity index (χ2n) is 10.6. The minimum atomic E-state index is -4.03. The second-order valence-corrected chi connectivity index (χ2v) is 12.2. The Labute approximate surface area is 212 Å². The molecule has 1 atom stereocenters. The van der Waals surface area contributed by atoms with Crippen molar-refractivity contribution in [3.8, 4) is 5.75 Å². The summed E-state index contributed by atoms with van der Waals surface area (Å²) in [4.78, 5) is 27.5. The summed E-state index contributed by atoms with van der Waals surface area (Å²) in [6.45, 7) is 14.3. The highest BCUT2D eigenvalue weighted by atomic mass is 32.2. The number of sulfonamides is 1. The third-order valence-corrected chi connectivity index (χ3v) is 7.35. The predicted octanol–water partition coefficient (Wildman–Crippen LogP) is 2.68. The van der Waals surface area contributed by atoms with Gasteiger partial charge in [0.2, 0.25) is 5.96 Å². The van der Waals surface area contributed by atoms with Gasteiger partial charge in [0, 0.05) is 18.5 Å². The molecule has 0 spiro atoms. The molecule has 1 unspecified atom stereocenters. The molecule has 2 rings (SSSR count). The third kappa shape index (κ3) is 7.25. The molecule has 0 aliphatic carbocycles. The van der Waals surface area contributed by atoms with Crippen LogP contribution in [0.25, 0.3) is 0 Å². The van der Waals surface area contributed by atoms with Crippen molar-refractivity contribution in [3.63, 3.8) is 0 Å². The van der Waals surface area contributed by atoms with Crippen LogP contribution < -0.4 is 20.5 Å². The molecule has 12 heteroatoms. The molecule has 1 aliphatic rings. The molecule has 11 nitrogen and oxygen atoms in total. The zero-order valence-electron chi connectivity index (χ0n) is 22.2. The highest BCUT2D eigenvalue weighted by Crippen LogP contribution is 2.43. The lowest BCUT2D eigenvalue weighted by Crippen LogP contribution is -2.43. The lowest BCUT2D eigenvalue weighted by molar-refractivity contribution is -0.139. The van der Waals surface area contributed by atoms with Crippen molar-refractivity contribution in [2.24, 2.45) is 10.7 Å². The van der Waals surface area contributed by atoms with E-state index >= 15 is 0 Å². The maximum atomic E-state index is 13.2. The van der Waals surface area contributed by atoms with Gasteiger partial charge >= 0.3 is 12.1 Å². The van der Waals surface area contributed by atoms with Crippen molar-refractivity contribution in [1.29, 1.82) is 0 Å². The van der Waals surface area contributed by atoms with Crippen molar-refractivity contribution in [1.82, 2.24) is 10.0 Å². The molecule has 0 fully saturated rings. The van der Waals surface area contributed by atoms with Gasteiger partial charge in [-0.25, -0.2) is 22.7 Å². The molecule has 1 aliphatic heterocycles. The standard InChI is InChI=1S/C24H38N4O7S/c1-13-14(2)19(15(3)16-12-24(7,8)34-18(13)16)36(32,33)28-21(25)26-11-9-10-17(20(29)30)27-22(31)35-23(4,5)6/h17H,9-12H2,1-8H3,(H,27,31)(H,29,30)(H3,25,26,28). The molecule has 0 radical (unpaired) electrons. The Morgan fingerprint density at radius 2 is 1.81 bits per heavy atom. The van der Waals surface area contributed by atoms with Gasteiger partial charge in [-0.1, -0.05) is 0 Å². The molecule has 0 saturated heterocycles. The molecule has 1 aromatic carbocycles. The Morgan fingerprint density at radius 3 is 2.36 bits per heavy atom. The maximum Gasteiger partial charge on any atom is 0.408 e. The van der Waals surface area contributed by atoms with Crippen molar-refractivity contribution in [3.05, 3.63) is 22.3 Å². The first-order chi connectivity index (χ1) is 16.3. The minimum absolute atomic E-state index is 0.0517. The summed E-state index contributed by atoms with van der Waals surface area (Å²) in [5.74, 6) is -0.803. The molecular formula is C24H38N4O7S. The second kappa shape index (κ2) is 10.5. The number of fused-ring (bicyclic) bond motifs is 1. The number of carboxylic acids is 1. The highest BCUT2D eigenvalue weighted by Gasteiger charge is 2.36.